The van der Waals surface area contributed by atoms with Crippen LogP contribution in [0.4, 0.5) is 13.6 Å². The van der Waals surface area contributed by atoms with E-state index in [9.17, 15) is 13.6 Å². The van der Waals surface area contributed by atoms with E-state index in [0.29, 0.717) is 19.6 Å². The Balaban J connectivity index is 1.84. The van der Waals surface area contributed by atoms with Crippen molar-refractivity contribution >= 4 is 6.09 Å². The molecule has 0 saturated carbocycles. The molecule has 0 spiro atoms. The number of hydrogen-bond acceptors (Lipinski definition) is 3. The predicted molar refractivity (Wildman–Crippen MR) is 109 cm³/mol. The van der Waals surface area contributed by atoms with Gasteiger partial charge in [-0.15, -0.1) is 0 Å². The summed E-state index contributed by atoms with van der Waals surface area (Å²) >= 11 is 0. The zero-order chi connectivity index (χ0) is 21.2. The van der Waals surface area contributed by atoms with Crippen LogP contribution in [-0.2, 0) is 4.74 Å². The first-order valence-electron chi connectivity index (χ1n) is 9.88. The Labute approximate surface area is 171 Å². The van der Waals surface area contributed by atoms with Gasteiger partial charge in [-0.3, -0.25) is 4.90 Å². The molecule has 2 aromatic carbocycles. The number of amides is 1. The van der Waals surface area contributed by atoms with Gasteiger partial charge in [-0.25, -0.2) is 13.6 Å². The summed E-state index contributed by atoms with van der Waals surface area (Å²) in [6.07, 6.45) is -0.316. The monoisotopic (exact) mass is 402 g/mol. The van der Waals surface area contributed by atoms with Crippen molar-refractivity contribution in [3.63, 3.8) is 0 Å². The molecule has 1 saturated heterocycles. The maximum atomic E-state index is 13.5. The highest BCUT2D eigenvalue weighted by molar-refractivity contribution is 5.68. The van der Waals surface area contributed by atoms with Crippen LogP contribution in [0.25, 0.3) is 0 Å². The number of piperazine rings is 1. The van der Waals surface area contributed by atoms with Crippen molar-refractivity contribution in [2.75, 3.05) is 19.6 Å². The number of benzene rings is 2. The summed E-state index contributed by atoms with van der Waals surface area (Å²) in [6, 6.07) is 12.7. The third kappa shape index (κ3) is 5.32. The Morgan fingerprint density at radius 1 is 0.966 bits per heavy atom. The molecule has 156 valence electrons. The van der Waals surface area contributed by atoms with Crippen LogP contribution in [0, 0.1) is 11.6 Å². The van der Waals surface area contributed by atoms with E-state index in [0.717, 1.165) is 11.1 Å². The van der Waals surface area contributed by atoms with Crippen molar-refractivity contribution in [1.82, 2.24) is 9.80 Å². The quantitative estimate of drug-likeness (QED) is 0.725. The van der Waals surface area contributed by atoms with Gasteiger partial charge in [-0.1, -0.05) is 24.3 Å². The SMILES string of the molecule is C[C@@H]1CN(C(=O)OC(C)(C)C)CCN1C(c1ccc(F)cc1)c1ccc(F)cc1. The number of carbonyl (C=O) groups excluding carboxylic acids is 1. The number of carbonyl (C=O) groups is 1. The molecule has 3 rings (SSSR count). The molecule has 6 heteroatoms. The lowest BCUT2D eigenvalue weighted by molar-refractivity contribution is 0.000950. The molecule has 1 atom stereocenters. The van der Waals surface area contributed by atoms with Crippen LogP contribution in [0.1, 0.15) is 44.9 Å². The van der Waals surface area contributed by atoms with E-state index >= 15 is 0 Å². The van der Waals surface area contributed by atoms with E-state index in [1.807, 2.05) is 20.8 Å². The zero-order valence-electron chi connectivity index (χ0n) is 17.4. The maximum Gasteiger partial charge on any atom is 0.410 e. The Morgan fingerprint density at radius 2 is 1.45 bits per heavy atom. The van der Waals surface area contributed by atoms with Crippen LogP contribution in [0.5, 0.6) is 0 Å². The molecule has 0 N–H and O–H groups in total. The summed E-state index contributed by atoms with van der Waals surface area (Å²) in [5, 5.41) is 0. The topological polar surface area (TPSA) is 32.8 Å². The van der Waals surface area contributed by atoms with Crippen LogP contribution >= 0.6 is 0 Å². The third-order valence-electron chi connectivity index (χ3n) is 5.03. The van der Waals surface area contributed by atoms with Crippen LogP contribution in [0.15, 0.2) is 48.5 Å². The summed E-state index contributed by atoms with van der Waals surface area (Å²) in [4.78, 5) is 16.4. The van der Waals surface area contributed by atoms with E-state index < -0.39 is 5.60 Å². The number of nitrogens with zero attached hydrogens (tertiary/aromatic N) is 2. The molecule has 2 aromatic rings. The largest absolute Gasteiger partial charge is 0.444 e. The van der Waals surface area contributed by atoms with Crippen LogP contribution in [0.2, 0.25) is 0 Å². The van der Waals surface area contributed by atoms with E-state index in [-0.39, 0.29) is 29.8 Å². The van der Waals surface area contributed by atoms with Gasteiger partial charge < -0.3 is 9.64 Å². The van der Waals surface area contributed by atoms with Gasteiger partial charge in [-0.05, 0) is 63.1 Å². The predicted octanol–water partition coefficient (Wildman–Crippen LogP) is 5.00. The Hall–Kier alpha value is -2.47. The number of rotatable bonds is 3. The molecule has 0 unspecified atom stereocenters. The van der Waals surface area contributed by atoms with Gasteiger partial charge in [0, 0.05) is 25.7 Å². The summed E-state index contributed by atoms with van der Waals surface area (Å²) in [5.41, 5.74) is 1.31. The van der Waals surface area contributed by atoms with Gasteiger partial charge in [0.05, 0.1) is 6.04 Å². The molecule has 1 fully saturated rings. The molecule has 1 heterocycles. The summed E-state index contributed by atoms with van der Waals surface area (Å²) in [6.45, 7) is 9.28. The molecule has 0 aromatic heterocycles. The van der Waals surface area contributed by atoms with Crippen LogP contribution in [0.3, 0.4) is 0 Å². The molecular formula is C23H28F2N2O2. The molecule has 0 aliphatic carbocycles. The lowest BCUT2D eigenvalue weighted by atomic mass is 9.94. The van der Waals surface area contributed by atoms with Crippen molar-refractivity contribution in [1.29, 1.82) is 0 Å². The highest BCUT2D eigenvalue weighted by atomic mass is 19.1. The molecule has 0 radical (unpaired) electrons. The summed E-state index contributed by atoms with van der Waals surface area (Å²) in [5.74, 6) is -0.594. The average Bonchev–Trinajstić information content (AvgIpc) is 2.64. The van der Waals surface area contributed by atoms with Gasteiger partial charge in [0.1, 0.15) is 17.2 Å². The molecule has 1 aliphatic heterocycles. The summed E-state index contributed by atoms with van der Waals surface area (Å²) < 4.78 is 32.5. The lowest BCUT2D eigenvalue weighted by Crippen LogP contribution is -2.55. The second-order valence-electron chi connectivity index (χ2n) is 8.52. The zero-order valence-corrected chi connectivity index (χ0v) is 17.4. The Kier molecular flexibility index (Phi) is 6.22. The van der Waals surface area contributed by atoms with Gasteiger partial charge >= 0.3 is 6.09 Å². The van der Waals surface area contributed by atoms with Crippen LogP contribution in [-0.4, -0.2) is 47.2 Å². The average molecular weight is 402 g/mol. The molecular weight excluding hydrogens is 374 g/mol. The molecule has 4 nitrogen and oxygen atoms in total. The summed E-state index contributed by atoms with van der Waals surface area (Å²) in [7, 11) is 0. The van der Waals surface area contributed by atoms with Gasteiger partial charge in [0.25, 0.3) is 0 Å². The van der Waals surface area contributed by atoms with Crippen molar-refractivity contribution in [3.8, 4) is 0 Å². The lowest BCUT2D eigenvalue weighted by Gasteiger charge is -2.44. The van der Waals surface area contributed by atoms with E-state index in [4.69, 9.17) is 4.74 Å². The van der Waals surface area contributed by atoms with Crippen molar-refractivity contribution < 1.29 is 18.3 Å². The fraction of sp³-hybridized carbons (Fsp3) is 0.435. The minimum atomic E-state index is -0.539. The minimum Gasteiger partial charge on any atom is -0.444 e. The molecule has 0 bridgehead atoms. The molecule has 1 aliphatic rings. The van der Waals surface area contributed by atoms with E-state index in [1.165, 1.54) is 24.3 Å². The first-order valence-corrected chi connectivity index (χ1v) is 9.88. The number of ether oxygens (including phenoxy) is 1. The second kappa shape index (κ2) is 8.49. The van der Waals surface area contributed by atoms with E-state index in [2.05, 4.69) is 11.8 Å². The van der Waals surface area contributed by atoms with Gasteiger partial charge in [0.2, 0.25) is 0 Å². The maximum absolute atomic E-state index is 13.5. The van der Waals surface area contributed by atoms with Crippen molar-refractivity contribution in [3.05, 3.63) is 71.3 Å². The molecule has 1 amide bonds. The highest BCUT2D eigenvalue weighted by Gasteiger charge is 2.34. The fourth-order valence-corrected chi connectivity index (χ4v) is 3.71. The van der Waals surface area contributed by atoms with Crippen LogP contribution < -0.4 is 0 Å². The van der Waals surface area contributed by atoms with Gasteiger partial charge in [-0.2, -0.15) is 0 Å². The standard InChI is InChI=1S/C23H28F2N2O2/c1-16-15-26(22(28)29-23(2,3)4)13-14-27(16)21(17-5-9-19(24)10-6-17)18-7-11-20(25)12-8-18/h5-12,16,21H,13-15H2,1-4H3/t16-/m1/s1. The first-order chi connectivity index (χ1) is 13.6. The van der Waals surface area contributed by atoms with Crippen molar-refractivity contribution in [2.45, 2.75) is 45.4 Å². The Bertz CT molecular complexity index is 786. The second-order valence-corrected chi connectivity index (χ2v) is 8.52. The minimum absolute atomic E-state index is 0.0383. The Morgan fingerprint density at radius 3 is 1.86 bits per heavy atom. The fourth-order valence-electron chi connectivity index (χ4n) is 3.71. The third-order valence-corrected chi connectivity index (χ3v) is 5.03. The van der Waals surface area contributed by atoms with Gasteiger partial charge in [0.15, 0.2) is 0 Å². The smallest absolute Gasteiger partial charge is 0.410 e. The highest BCUT2D eigenvalue weighted by Crippen LogP contribution is 2.32. The normalized spacial score (nSPS) is 18.2. The number of hydrogen-bond donors (Lipinski definition) is 0. The van der Waals surface area contributed by atoms with E-state index in [1.54, 1.807) is 29.2 Å². The first kappa shape index (κ1) is 21.2. The number of halogens is 2. The molecule has 29 heavy (non-hydrogen) atoms. The van der Waals surface area contributed by atoms with Crippen molar-refractivity contribution in [2.24, 2.45) is 0 Å².